The molecule has 0 atom stereocenters. The fraction of sp³-hybridized carbons (Fsp3) is 0. The molecule has 0 saturated carbocycles. The molecule has 9 rings (SSSR count). The lowest BCUT2D eigenvalue weighted by Gasteiger charge is -2.26. The van der Waals surface area contributed by atoms with Crippen molar-refractivity contribution >= 4 is 124 Å². The predicted molar refractivity (Wildman–Crippen MR) is 321 cm³/mol. The number of benzene rings is 6. The second kappa shape index (κ2) is 24.9. The van der Waals surface area contributed by atoms with Gasteiger partial charge in [-0.25, -0.2) is 14.4 Å². The zero-order valence-electron chi connectivity index (χ0n) is 41.6. The molecule has 0 spiro atoms. The summed E-state index contributed by atoms with van der Waals surface area (Å²) in [5.41, 5.74) is 11.0. The van der Waals surface area contributed by atoms with Gasteiger partial charge in [0.25, 0.3) is 0 Å². The summed E-state index contributed by atoms with van der Waals surface area (Å²) in [4.78, 5) is 41.1. The summed E-state index contributed by atoms with van der Waals surface area (Å²) >= 11 is 4.26. The Kier molecular flexibility index (Phi) is 16.8. The largest absolute Gasteiger partial charge is 0.477 e. The van der Waals surface area contributed by atoms with Crippen LogP contribution in [0.5, 0.6) is 0 Å². The van der Waals surface area contributed by atoms with Gasteiger partial charge < -0.3 is 20.2 Å². The number of rotatable bonds is 18. The zero-order chi connectivity index (χ0) is 55.3. The number of aliphatic carboxylic acids is 3. The van der Waals surface area contributed by atoms with Gasteiger partial charge in [0.05, 0.1) is 0 Å². The van der Waals surface area contributed by atoms with E-state index in [0.29, 0.717) is 14.6 Å². The molecule has 0 saturated heterocycles. The van der Waals surface area contributed by atoms with E-state index in [1.165, 1.54) is 52.2 Å². The monoisotopic (exact) mass is 1080 g/mol. The van der Waals surface area contributed by atoms with Crippen LogP contribution >= 0.6 is 34.0 Å². The van der Waals surface area contributed by atoms with Gasteiger partial charge in [-0.1, -0.05) is 146 Å². The average molecular weight is 1080 g/mol. The second-order valence-corrected chi connectivity index (χ2v) is 20.9. The molecule has 0 radical (unpaired) electrons. The number of carboxylic acid groups (broad SMARTS) is 3. The molecule has 0 unspecified atom stereocenters. The highest BCUT2D eigenvalue weighted by molar-refractivity contribution is 7.17. The van der Waals surface area contributed by atoms with Crippen LogP contribution in [0.1, 0.15) is 48.0 Å². The summed E-state index contributed by atoms with van der Waals surface area (Å²) in [6.07, 6.45) is 16.5. The Morgan fingerprint density at radius 1 is 0.329 bits per heavy atom. The quantitative estimate of drug-likeness (QED) is 0.0424. The third-order valence-corrected chi connectivity index (χ3v) is 15.5. The van der Waals surface area contributed by atoms with E-state index in [-0.39, 0.29) is 16.7 Å². The maximum absolute atomic E-state index is 11.3. The molecular weight excluding hydrogens is 1040 g/mol. The lowest BCUT2D eigenvalue weighted by atomic mass is 10.1. The van der Waals surface area contributed by atoms with Crippen molar-refractivity contribution in [3.8, 4) is 49.5 Å². The third kappa shape index (κ3) is 13.7. The summed E-state index contributed by atoms with van der Waals surface area (Å²) in [5, 5.41) is 55.1. The Morgan fingerprint density at radius 2 is 0.544 bits per heavy atom. The van der Waals surface area contributed by atoms with E-state index >= 15 is 0 Å². The first-order valence-corrected chi connectivity index (χ1v) is 26.7. The fourth-order valence-electron chi connectivity index (χ4n) is 8.11. The molecule has 0 amide bonds. The van der Waals surface area contributed by atoms with Crippen molar-refractivity contribution < 1.29 is 29.7 Å². The number of nitrogens with zero attached hydrogens (tertiary/aromatic N) is 4. The minimum atomic E-state index is -1.25. The van der Waals surface area contributed by atoms with Crippen LogP contribution in [-0.4, -0.2) is 33.2 Å². The molecule has 6 aromatic carbocycles. The normalized spacial score (nSPS) is 11.9. The summed E-state index contributed by atoms with van der Waals surface area (Å²) in [6, 6.07) is 65.8. The number of carboxylic acids is 3. The van der Waals surface area contributed by atoms with Crippen molar-refractivity contribution in [1.29, 1.82) is 15.8 Å². The number of anilines is 3. The van der Waals surface area contributed by atoms with E-state index in [0.717, 1.165) is 81.8 Å². The van der Waals surface area contributed by atoms with Crippen molar-refractivity contribution in [3.63, 3.8) is 0 Å². The topological polar surface area (TPSA) is 187 Å². The Hall–Kier alpha value is -10.5. The Morgan fingerprint density at radius 3 is 0.747 bits per heavy atom. The number of hydrogen-bond donors (Lipinski definition) is 3. The van der Waals surface area contributed by atoms with Crippen molar-refractivity contribution in [2.45, 2.75) is 0 Å². The molecule has 79 heavy (non-hydrogen) atoms. The van der Waals surface area contributed by atoms with Crippen LogP contribution in [0, 0.1) is 34.0 Å². The van der Waals surface area contributed by atoms with E-state index in [1.54, 1.807) is 18.2 Å². The van der Waals surface area contributed by atoms with Gasteiger partial charge in [-0.15, -0.1) is 34.0 Å². The lowest BCUT2D eigenvalue weighted by Crippen LogP contribution is -2.09. The molecule has 0 aliphatic carbocycles. The van der Waals surface area contributed by atoms with E-state index in [1.807, 2.05) is 109 Å². The third-order valence-electron chi connectivity index (χ3n) is 12.2. The van der Waals surface area contributed by atoms with Gasteiger partial charge >= 0.3 is 17.9 Å². The van der Waals surface area contributed by atoms with Crippen molar-refractivity contribution in [2.24, 2.45) is 0 Å². The minimum absolute atomic E-state index is 0.309. The average Bonchev–Trinajstić information content (AvgIpc) is 4.30. The Labute approximate surface area is 467 Å². The molecule has 0 aliphatic heterocycles. The fourth-order valence-corrected chi connectivity index (χ4v) is 11.0. The highest BCUT2D eigenvalue weighted by Crippen LogP contribution is 2.37. The van der Waals surface area contributed by atoms with Crippen LogP contribution in [0.4, 0.5) is 17.1 Å². The van der Waals surface area contributed by atoms with E-state index < -0.39 is 17.9 Å². The van der Waals surface area contributed by atoms with E-state index in [9.17, 15) is 29.7 Å². The van der Waals surface area contributed by atoms with Gasteiger partial charge in [0.1, 0.15) is 34.9 Å². The molecule has 13 heteroatoms. The number of carbonyl (C=O) groups is 3. The molecule has 0 fully saturated rings. The molecule has 3 N–H and O–H groups in total. The molecule has 9 aromatic rings. The van der Waals surface area contributed by atoms with Crippen LogP contribution < -0.4 is 4.90 Å². The second-order valence-electron chi connectivity index (χ2n) is 17.5. The zero-order valence-corrected chi connectivity index (χ0v) is 44.0. The molecule has 0 bridgehead atoms. The Balaban J connectivity index is 0.916. The van der Waals surface area contributed by atoms with Gasteiger partial charge in [0.15, 0.2) is 0 Å². The molecule has 3 aromatic heterocycles. The summed E-state index contributed by atoms with van der Waals surface area (Å²) in [5.74, 6) is -3.76. The summed E-state index contributed by atoms with van der Waals surface area (Å²) in [6.45, 7) is 0. The number of thiophene rings is 3. The van der Waals surface area contributed by atoms with Gasteiger partial charge in [-0.2, -0.15) is 15.8 Å². The standard InChI is InChI=1S/C66H42N4O6S3/c67-40-52(64(71)72)37-58-31-34-61(77-58)49-19-7-43(8-20-49)1-4-46-13-25-55(26-14-46)70(56-27-15-47(16-28-56)5-2-44-9-21-50(22-10-44)62-35-32-59(78-62)38-53(41-68)65(73)74)57-29-17-48(18-30-57)6-3-45-11-23-51(24-12-45)63-36-33-60(79-63)39-54(42-69)66(75)76/h1-39H,(H,71,72)(H,73,74)(H,75,76)/b4-1+,5-2+,6-3+,52-37-,53-38-,54-39-. The van der Waals surface area contributed by atoms with Crippen LogP contribution in [0.15, 0.2) is 199 Å². The first-order chi connectivity index (χ1) is 38.4. The van der Waals surface area contributed by atoms with Gasteiger partial charge in [-0.05, 0) is 141 Å². The van der Waals surface area contributed by atoms with E-state index in [4.69, 9.17) is 15.8 Å². The van der Waals surface area contributed by atoms with Crippen LogP contribution in [-0.2, 0) is 14.4 Å². The summed E-state index contributed by atoms with van der Waals surface area (Å²) < 4.78 is 0. The van der Waals surface area contributed by atoms with Crippen LogP contribution in [0.25, 0.3) is 86.0 Å². The first-order valence-electron chi connectivity index (χ1n) is 24.2. The van der Waals surface area contributed by atoms with Gasteiger partial charge in [0.2, 0.25) is 0 Å². The minimum Gasteiger partial charge on any atom is -0.477 e. The highest BCUT2D eigenvalue weighted by atomic mass is 32.1. The molecule has 380 valence electrons. The van der Waals surface area contributed by atoms with Crippen molar-refractivity contribution in [1.82, 2.24) is 0 Å². The molecular formula is C66H42N4O6S3. The maximum atomic E-state index is 11.3. The predicted octanol–water partition coefficient (Wildman–Crippen LogP) is 16.8. The van der Waals surface area contributed by atoms with Crippen LogP contribution in [0.2, 0.25) is 0 Å². The highest BCUT2D eigenvalue weighted by Gasteiger charge is 2.14. The van der Waals surface area contributed by atoms with Crippen molar-refractivity contribution in [2.75, 3.05) is 4.90 Å². The molecule has 10 nitrogen and oxygen atoms in total. The lowest BCUT2D eigenvalue weighted by molar-refractivity contribution is -0.133. The first kappa shape index (κ1) is 53.4. The SMILES string of the molecule is N#C/C(=C/c1ccc(-c2ccc(/C=C/c3ccc(N(c4ccc(/C=C/c5ccc(-c6ccc(/C=C(/C#N)C(=O)O)s6)cc5)cc4)c4ccc(/C=C/c5ccc(-c6ccc(/C=C(/C#N)C(=O)O)s6)cc5)cc4)cc3)cc2)s1)C(=O)O. The molecule has 0 aliphatic rings. The number of hydrogen-bond acceptors (Lipinski definition) is 10. The smallest absolute Gasteiger partial charge is 0.346 e. The van der Waals surface area contributed by atoms with Crippen LogP contribution in [0.3, 0.4) is 0 Å². The van der Waals surface area contributed by atoms with Crippen molar-refractivity contribution in [3.05, 3.63) is 247 Å². The maximum Gasteiger partial charge on any atom is 0.346 e. The van der Waals surface area contributed by atoms with E-state index in [2.05, 4.69) is 114 Å². The molecule has 3 heterocycles. The Bertz CT molecular complexity index is 3620. The van der Waals surface area contributed by atoms with Gasteiger partial charge in [-0.3, -0.25) is 0 Å². The van der Waals surface area contributed by atoms with Gasteiger partial charge in [0, 0.05) is 46.3 Å². The summed E-state index contributed by atoms with van der Waals surface area (Å²) in [7, 11) is 0. The number of nitriles is 3.